The molecule has 2 aromatic carbocycles. The van der Waals surface area contributed by atoms with Crippen molar-refractivity contribution in [2.45, 2.75) is 26.2 Å². The molecule has 2 aromatic rings. The van der Waals surface area contributed by atoms with Gasteiger partial charge in [-0.1, -0.05) is 48.7 Å². The van der Waals surface area contributed by atoms with Gasteiger partial charge in [0.2, 0.25) is 0 Å². The molecule has 140 valence electrons. The normalized spacial score (nSPS) is 14.3. The number of phenols is 1. The first-order chi connectivity index (χ1) is 12.9. The average Bonchev–Trinajstić information content (AvgIpc) is 2.87. The maximum absolute atomic E-state index is 12.8. The number of unbranched alkanes of at least 4 members (excludes halogenated alkanes) is 1. The van der Waals surface area contributed by atoms with Crippen LogP contribution in [0.3, 0.4) is 0 Å². The number of phenolic OH excluding ortho intramolecular Hbond substituents is 1. The minimum absolute atomic E-state index is 0.103. The third kappa shape index (κ3) is 3.94. The number of aryl methyl sites for hydroxylation is 1. The molecule has 0 bridgehead atoms. The summed E-state index contributed by atoms with van der Waals surface area (Å²) < 4.78 is 0. The Morgan fingerprint density at radius 2 is 1.74 bits per heavy atom. The summed E-state index contributed by atoms with van der Waals surface area (Å²) in [4.78, 5) is 26.3. The smallest absolute Gasteiger partial charge is 0.283 e. The molecular formula is C20H18Cl2N2O3. The highest BCUT2D eigenvalue weighted by atomic mass is 35.5. The van der Waals surface area contributed by atoms with Crippen LogP contribution in [0.1, 0.15) is 25.3 Å². The van der Waals surface area contributed by atoms with Crippen LogP contribution in [0.15, 0.2) is 53.2 Å². The number of amides is 2. The lowest BCUT2D eigenvalue weighted by molar-refractivity contribution is -0.120. The Kier molecular flexibility index (Phi) is 5.73. The Morgan fingerprint density at radius 1 is 1.04 bits per heavy atom. The second kappa shape index (κ2) is 8.03. The fourth-order valence-electron chi connectivity index (χ4n) is 2.78. The van der Waals surface area contributed by atoms with Crippen LogP contribution in [0, 0.1) is 0 Å². The maximum Gasteiger partial charge on any atom is 0.283 e. The highest BCUT2D eigenvalue weighted by Crippen LogP contribution is 2.33. The molecule has 3 rings (SSSR count). The summed E-state index contributed by atoms with van der Waals surface area (Å²) >= 11 is 12.0. The number of imide groups is 1. The summed E-state index contributed by atoms with van der Waals surface area (Å²) in [6.45, 7) is 2.12. The van der Waals surface area contributed by atoms with Gasteiger partial charge >= 0.3 is 0 Å². The van der Waals surface area contributed by atoms with Gasteiger partial charge in [0.15, 0.2) is 0 Å². The number of nitrogens with zero attached hydrogens (tertiary/aromatic N) is 1. The molecule has 1 aliphatic heterocycles. The van der Waals surface area contributed by atoms with E-state index in [1.54, 1.807) is 12.1 Å². The predicted molar refractivity (Wildman–Crippen MR) is 107 cm³/mol. The Morgan fingerprint density at radius 3 is 2.41 bits per heavy atom. The van der Waals surface area contributed by atoms with Crippen molar-refractivity contribution in [2.75, 3.05) is 10.2 Å². The molecule has 0 spiro atoms. The van der Waals surface area contributed by atoms with Gasteiger partial charge in [-0.25, -0.2) is 4.90 Å². The molecule has 2 amide bonds. The van der Waals surface area contributed by atoms with Crippen LogP contribution >= 0.6 is 23.2 Å². The monoisotopic (exact) mass is 404 g/mol. The van der Waals surface area contributed by atoms with Gasteiger partial charge in [-0.15, -0.1) is 0 Å². The third-order valence-corrected chi connectivity index (χ3v) is 4.84. The first kappa shape index (κ1) is 19.3. The molecule has 0 unspecified atom stereocenters. The first-order valence-electron chi connectivity index (χ1n) is 8.55. The van der Waals surface area contributed by atoms with Crippen molar-refractivity contribution in [2.24, 2.45) is 0 Å². The topological polar surface area (TPSA) is 69.6 Å². The lowest BCUT2D eigenvalue weighted by Crippen LogP contribution is -2.32. The minimum atomic E-state index is -0.619. The number of halogens is 2. The van der Waals surface area contributed by atoms with Gasteiger partial charge in [0.25, 0.3) is 11.8 Å². The molecule has 7 heteroatoms. The maximum atomic E-state index is 12.8. The van der Waals surface area contributed by atoms with E-state index in [2.05, 4.69) is 12.2 Å². The Hall–Kier alpha value is -2.50. The average molecular weight is 405 g/mol. The van der Waals surface area contributed by atoms with Crippen molar-refractivity contribution in [3.63, 3.8) is 0 Å². The molecule has 0 aliphatic carbocycles. The zero-order valence-electron chi connectivity index (χ0n) is 14.6. The number of benzene rings is 2. The van der Waals surface area contributed by atoms with E-state index in [1.165, 1.54) is 18.2 Å². The van der Waals surface area contributed by atoms with E-state index in [0.29, 0.717) is 10.7 Å². The quantitative estimate of drug-likeness (QED) is 0.534. The van der Waals surface area contributed by atoms with Crippen LogP contribution in [0.4, 0.5) is 11.4 Å². The summed E-state index contributed by atoms with van der Waals surface area (Å²) in [6.07, 6.45) is 3.11. The van der Waals surface area contributed by atoms with Crippen LogP contribution in [-0.2, 0) is 16.0 Å². The summed E-state index contributed by atoms with van der Waals surface area (Å²) in [5, 5.41) is 12.8. The molecule has 0 aromatic heterocycles. The second-order valence-corrected chi connectivity index (χ2v) is 7.01. The van der Waals surface area contributed by atoms with E-state index in [9.17, 15) is 14.7 Å². The summed E-state index contributed by atoms with van der Waals surface area (Å²) in [5.41, 5.74) is 1.67. The fraction of sp³-hybridized carbons (Fsp3) is 0.200. The molecule has 1 aliphatic rings. The van der Waals surface area contributed by atoms with Gasteiger partial charge in [0, 0.05) is 5.02 Å². The fourth-order valence-corrected chi connectivity index (χ4v) is 3.17. The highest BCUT2D eigenvalue weighted by molar-refractivity contribution is 6.53. The molecule has 5 nitrogen and oxygen atoms in total. The Balaban J connectivity index is 1.84. The lowest BCUT2D eigenvalue weighted by atomic mass is 10.1. The van der Waals surface area contributed by atoms with E-state index >= 15 is 0 Å². The molecule has 0 saturated heterocycles. The first-order valence-corrected chi connectivity index (χ1v) is 9.31. The standard InChI is InChI=1S/C20H18Cl2N2O3/c1-2-3-4-12-5-8-14(9-6-12)24-19(26)17(22)18(20(24)27)23-15-11-13(21)7-10-16(15)25/h5-11,23,25H,2-4H2,1H3. The number of hydrogen-bond donors (Lipinski definition) is 2. The largest absolute Gasteiger partial charge is 0.506 e. The van der Waals surface area contributed by atoms with E-state index in [1.807, 2.05) is 12.1 Å². The minimum Gasteiger partial charge on any atom is -0.506 e. The summed E-state index contributed by atoms with van der Waals surface area (Å²) in [7, 11) is 0. The highest BCUT2D eigenvalue weighted by Gasteiger charge is 2.39. The number of anilines is 2. The summed E-state index contributed by atoms with van der Waals surface area (Å²) in [6, 6.07) is 11.6. The molecule has 0 radical (unpaired) electrons. The molecule has 0 saturated carbocycles. The zero-order chi connectivity index (χ0) is 19.6. The molecule has 0 fully saturated rings. The number of hydrogen-bond acceptors (Lipinski definition) is 4. The van der Waals surface area contributed by atoms with Gasteiger partial charge in [-0.05, 0) is 48.7 Å². The number of carbonyl (C=O) groups is 2. The van der Waals surface area contributed by atoms with E-state index in [-0.39, 0.29) is 22.2 Å². The summed E-state index contributed by atoms with van der Waals surface area (Å²) in [5.74, 6) is -1.33. The van der Waals surface area contributed by atoms with Crippen LogP contribution in [-0.4, -0.2) is 16.9 Å². The van der Waals surface area contributed by atoms with E-state index in [4.69, 9.17) is 23.2 Å². The SMILES string of the molecule is CCCCc1ccc(N2C(=O)C(Cl)=C(Nc3cc(Cl)ccc3O)C2=O)cc1. The van der Waals surface area contributed by atoms with Gasteiger partial charge in [0.1, 0.15) is 16.5 Å². The van der Waals surface area contributed by atoms with Crippen molar-refractivity contribution in [1.82, 2.24) is 0 Å². The van der Waals surface area contributed by atoms with Crippen molar-refractivity contribution in [3.05, 3.63) is 63.8 Å². The lowest BCUT2D eigenvalue weighted by Gasteiger charge is -2.16. The van der Waals surface area contributed by atoms with Gasteiger partial charge in [-0.2, -0.15) is 0 Å². The van der Waals surface area contributed by atoms with Crippen molar-refractivity contribution >= 4 is 46.4 Å². The molecule has 0 atom stereocenters. The third-order valence-electron chi connectivity index (χ3n) is 4.26. The van der Waals surface area contributed by atoms with Crippen LogP contribution in [0.5, 0.6) is 5.75 Å². The number of aromatic hydroxyl groups is 1. The molecule has 27 heavy (non-hydrogen) atoms. The van der Waals surface area contributed by atoms with Gasteiger partial charge < -0.3 is 10.4 Å². The van der Waals surface area contributed by atoms with Crippen molar-refractivity contribution in [3.8, 4) is 5.75 Å². The molecule has 1 heterocycles. The number of nitrogens with one attached hydrogen (secondary N) is 1. The molecular weight excluding hydrogens is 387 g/mol. The van der Waals surface area contributed by atoms with Crippen LogP contribution in [0.25, 0.3) is 0 Å². The zero-order valence-corrected chi connectivity index (χ0v) is 16.1. The van der Waals surface area contributed by atoms with Crippen LogP contribution < -0.4 is 10.2 Å². The predicted octanol–water partition coefficient (Wildman–Crippen LogP) is 4.82. The Bertz CT molecular complexity index is 923. The van der Waals surface area contributed by atoms with E-state index in [0.717, 1.165) is 29.7 Å². The van der Waals surface area contributed by atoms with Gasteiger partial charge in [-0.3, -0.25) is 9.59 Å². The second-order valence-electron chi connectivity index (χ2n) is 6.19. The van der Waals surface area contributed by atoms with Gasteiger partial charge in [0.05, 0.1) is 11.4 Å². The Labute approximate surface area is 167 Å². The van der Waals surface area contributed by atoms with Crippen molar-refractivity contribution < 1.29 is 14.7 Å². The van der Waals surface area contributed by atoms with Crippen molar-refractivity contribution in [1.29, 1.82) is 0 Å². The van der Waals surface area contributed by atoms with E-state index < -0.39 is 11.8 Å². The van der Waals surface area contributed by atoms with Crippen LogP contribution in [0.2, 0.25) is 5.02 Å². The number of carbonyl (C=O) groups excluding carboxylic acids is 2. The number of rotatable bonds is 6. The molecule has 2 N–H and O–H groups in total.